The fraction of sp³-hybridized carbons (Fsp3) is 0.172. The largest absolute Gasteiger partial charge is 0.504 e. The summed E-state index contributed by atoms with van der Waals surface area (Å²) in [4.78, 5) is 8.82. The number of aromatic nitrogens is 2. The van der Waals surface area contributed by atoms with Gasteiger partial charge in [0.05, 0.1) is 12.1 Å². The lowest BCUT2D eigenvalue weighted by molar-refractivity contribution is 0.288. The van der Waals surface area contributed by atoms with Crippen LogP contribution >= 0.6 is 24.6 Å². The first-order valence-electron chi connectivity index (χ1n) is 12.2. The van der Waals surface area contributed by atoms with E-state index in [1.807, 2.05) is 36.6 Å². The Morgan fingerprint density at radius 1 is 1.08 bits per heavy atom. The molecule has 0 amide bonds. The molecule has 0 aliphatic carbocycles. The second-order valence-electron chi connectivity index (χ2n) is 8.72. The van der Waals surface area contributed by atoms with E-state index in [-0.39, 0.29) is 18.2 Å². The van der Waals surface area contributed by atoms with Crippen LogP contribution in [0.5, 0.6) is 11.5 Å². The Bertz CT molecular complexity index is 1580. The van der Waals surface area contributed by atoms with Crippen molar-refractivity contribution < 1.29 is 18.7 Å². The van der Waals surface area contributed by atoms with Gasteiger partial charge in [0, 0.05) is 35.0 Å². The lowest BCUT2D eigenvalue weighted by atomic mass is 10.1. The van der Waals surface area contributed by atoms with Crippen molar-refractivity contribution in [2.24, 2.45) is 0 Å². The number of furan rings is 1. The molecular weight excluding hydrogens is 535 g/mol. The van der Waals surface area contributed by atoms with Crippen molar-refractivity contribution in [1.82, 2.24) is 14.3 Å². The molecule has 5 aromatic rings. The van der Waals surface area contributed by atoms with Gasteiger partial charge in [-0.2, -0.15) is 12.6 Å². The molecular formula is C29H27FN4O3S2. The highest BCUT2D eigenvalue weighted by molar-refractivity contribution is 7.96. The molecule has 0 saturated carbocycles. The van der Waals surface area contributed by atoms with Gasteiger partial charge in [-0.3, -0.25) is 0 Å². The maximum Gasteiger partial charge on any atom is 0.161 e. The molecule has 2 aromatic heterocycles. The number of anilines is 2. The van der Waals surface area contributed by atoms with E-state index in [4.69, 9.17) is 9.15 Å². The van der Waals surface area contributed by atoms with Gasteiger partial charge < -0.3 is 19.6 Å². The van der Waals surface area contributed by atoms with Crippen molar-refractivity contribution in [1.29, 1.82) is 0 Å². The molecule has 0 aliphatic heterocycles. The second kappa shape index (κ2) is 12.4. The van der Waals surface area contributed by atoms with Crippen molar-refractivity contribution in [3.63, 3.8) is 0 Å². The van der Waals surface area contributed by atoms with Crippen LogP contribution in [0.1, 0.15) is 11.3 Å². The van der Waals surface area contributed by atoms with E-state index < -0.39 is 0 Å². The highest BCUT2D eigenvalue weighted by atomic mass is 32.2. The molecule has 3 aromatic carbocycles. The van der Waals surface area contributed by atoms with Crippen molar-refractivity contribution >= 4 is 47.0 Å². The number of hydrogen-bond acceptors (Lipinski definition) is 9. The maximum atomic E-state index is 13.4. The lowest BCUT2D eigenvalue weighted by Gasteiger charge is -2.16. The Balaban J connectivity index is 1.33. The lowest BCUT2D eigenvalue weighted by Crippen LogP contribution is -2.16. The topological polar surface area (TPSA) is 83.7 Å². The molecule has 0 spiro atoms. The number of fused-ring (bicyclic) bond motifs is 1. The summed E-state index contributed by atoms with van der Waals surface area (Å²) >= 11 is 5.99. The molecule has 5 rings (SSSR count). The number of nitrogens with one attached hydrogen (secondary N) is 1. The van der Waals surface area contributed by atoms with Crippen molar-refractivity contribution in [3.05, 3.63) is 96.3 Å². The highest BCUT2D eigenvalue weighted by Crippen LogP contribution is 2.33. The van der Waals surface area contributed by atoms with Gasteiger partial charge in [0.25, 0.3) is 0 Å². The zero-order chi connectivity index (χ0) is 27.2. The van der Waals surface area contributed by atoms with Crippen molar-refractivity contribution in [2.75, 3.05) is 23.9 Å². The van der Waals surface area contributed by atoms with E-state index in [1.165, 1.54) is 18.5 Å². The zero-order valence-electron chi connectivity index (χ0n) is 21.2. The van der Waals surface area contributed by atoms with Gasteiger partial charge in [0.2, 0.25) is 0 Å². The summed E-state index contributed by atoms with van der Waals surface area (Å²) in [6, 6.07) is 21.0. The van der Waals surface area contributed by atoms with Gasteiger partial charge in [-0.1, -0.05) is 24.1 Å². The van der Waals surface area contributed by atoms with E-state index in [9.17, 15) is 9.50 Å². The van der Waals surface area contributed by atoms with Crippen LogP contribution in [0.25, 0.3) is 22.2 Å². The fourth-order valence-electron chi connectivity index (χ4n) is 4.09. The third-order valence-corrected chi connectivity index (χ3v) is 7.05. The van der Waals surface area contributed by atoms with Crippen LogP contribution in [0.3, 0.4) is 0 Å². The minimum atomic E-state index is -0.334. The number of nitrogens with zero attached hydrogens (tertiary/aromatic N) is 3. The Labute approximate surface area is 235 Å². The minimum absolute atomic E-state index is 0.0456. The van der Waals surface area contributed by atoms with E-state index in [1.54, 1.807) is 42.3 Å². The molecule has 2 N–H and O–H groups in total. The Morgan fingerprint density at radius 3 is 2.77 bits per heavy atom. The van der Waals surface area contributed by atoms with Crippen LogP contribution in [-0.2, 0) is 13.2 Å². The first kappa shape index (κ1) is 26.9. The van der Waals surface area contributed by atoms with Crippen molar-refractivity contribution in [3.8, 4) is 22.8 Å². The molecule has 0 aliphatic rings. The number of rotatable bonds is 11. The monoisotopic (exact) mass is 562 g/mol. The predicted molar refractivity (Wildman–Crippen MR) is 157 cm³/mol. The first-order chi connectivity index (χ1) is 19.0. The summed E-state index contributed by atoms with van der Waals surface area (Å²) < 4.78 is 27.4. The number of hydrogen-bond donors (Lipinski definition) is 3. The standard InChI is InChI=1S/C29H27FN4O3S2/c1-39-34(11-12-38)16-23-7-10-27(37-23)20-5-8-25-24(14-20)29(32-18-31-25)33-22-6-9-28(26(35)15-22)36-17-19-3-2-4-21(30)13-19/h2-10,13-15,18,35,38H,11-12,16-17H2,1H3,(H,31,32,33). The molecule has 39 heavy (non-hydrogen) atoms. The molecule has 0 bridgehead atoms. The van der Waals surface area contributed by atoms with Gasteiger partial charge in [-0.05, 0) is 66.4 Å². The van der Waals surface area contributed by atoms with Gasteiger partial charge >= 0.3 is 0 Å². The van der Waals surface area contributed by atoms with Crippen LogP contribution in [0.4, 0.5) is 15.9 Å². The van der Waals surface area contributed by atoms with E-state index in [0.717, 1.165) is 40.3 Å². The normalized spacial score (nSPS) is 11.3. The van der Waals surface area contributed by atoms with Crippen LogP contribution in [0.2, 0.25) is 0 Å². The molecule has 200 valence electrons. The number of phenols is 1. The Hall–Kier alpha value is -3.73. The van der Waals surface area contributed by atoms with Gasteiger partial charge in [-0.25, -0.2) is 18.7 Å². The molecule has 0 unspecified atom stereocenters. The maximum absolute atomic E-state index is 13.4. The number of benzene rings is 3. The number of phenolic OH excluding ortho intramolecular Hbond substituents is 1. The summed E-state index contributed by atoms with van der Waals surface area (Å²) in [7, 11) is 0. The number of aromatic hydroxyl groups is 1. The third kappa shape index (κ3) is 6.65. The Morgan fingerprint density at radius 2 is 1.97 bits per heavy atom. The van der Waals surface area contributed by atoms with E-state index in [0.29, 0.717) is 29.4 Å². The quantitative estimate of drug-likeness (QED) is 0.117. The number of ether oxygens (including phenoxy) is 1. The molecule has 2 heterocycles. The van der Waals surface area contributed by atoms with Crippen LogP contribution < -0.4 is 10.1 Å². The molecule has 10 heteroatoms. The molecule has 7 nitrogen and oxygen atoms in total. The summed E-state index contributed by atoms with van der Waals surface area (Å²) in [5.41, 5.74) is 2.96. The third-order valence-electron chi connectivity index (χ3n) is 6.03. The fourth-order valence-corrected chi connectivity index (χ4v) is 5.00. The smallest absolute Gasteiger partial charge is 0.161 e. The molecule has 0 saturated heterocycles. The summed E-state index contributed by atoms with van der Waals surface area (Å²) in [5, 5.41) is 14.6. The average Bonchev–Trinajstić information content (AvgIpc) is 3.41. The van der Waals surface area contributed by atoms with Crippen molar-refractivity contribution in [2.45, 2.75) is 13.2 Å². The summed E-state index contributed by atoms with van der Waals surface area (Å²) in [6.45, 7) is 1.69. The summed E-state index contributed by atoms with van der Waals surface area (Å²) in [5.74, 6) is 2.91. The number of halogens is 1. The molecule has 0 atom stereocenters. The second-order valence-corrected chi connectivity index (χ2v) is 10.0. The number of thiol groups is 1. The highest BCUT2D eigenvalue weighted by Gasteiger charge is 2.13. The molecule has 0 fully saturated rings. The SMILES string of the molecule is CSN(CCS)Cc1ccc(-c2ccc3ncnc(Nc4ccc(OCc5cccc(F)c5)c(O)c4)c3c2)o1. The van der Waals surface area contributed by atoms with Gasteiger partial charge in [0.15, 0.2) is 11.5 Å². The van der Waals surface area contributed by atoms with E-state index >= 15 is 0 Å². The Kier molecular flexibility index (Phi) is 8.55. The van der Waals surface area contributed by atoms with Crippen LogP contribution in [0, 0.1) is 5.82 Å². The van der Waals surface area contributed by atoms with Crippen LogP contribution in [-0.4, -0.2) is 37.9 Å². The van der Waals surface area contributed by atoms with Crippen LogP contribution in [0.15, 0.2) is 83.5 Å². The molecule has 0 radical (unpaired) electrons. The first-order valence-corrected chi connectivity index (χ1v) is 14.0. The predicted octanol–water partition coefficient (Wildman–Crippen LogP) is 7.07. The van der Waals surface area contributed by atoms with E-state index in [2.05, 4.69) is 32.2 Å². The van der Waals surface area contributed by atoms with Gasteiger partial charge in [-0.15, -0.1) is 0 Å². The average molecular weight is 563 g/mol. The zero-order valence-corrected chi connectivity index (χ0v) is 22.9. The summed E-state index contributed by atoms with van der Waals surface area (Å²) in [6.07, 6.45) is 3.53. The van der Waals surface area contributed by atoms with Gasteiger partial charge in [0.1, 0.15) is 36.1 Å². The minimum Gasteiger partial charge on any atom is -0.504 e.